The number of benzene rings is 1. The number of hydrogen-bond donors (Lipinski definition) is 1. The van der Waals surface area contributed by atoms with Gasteiger partial charge in [-0.05, 0) is 47.7 Å². The van der Waals surface area contributed by atoms with Gasteiger partial charge in [-0.15, -0.1) is 0 Å². The van der Waals surface area contributed by atoms with Gasteiger partial charge in [0.1, 0.15) is 0 Å². The fraction of sp³-hybridized carbons (Fsp3) is 0.462. The molecule has 1 N–H and O–H groups in total. The molecule has 0 atom stereocenters. The molecule has 5 nitrogen and oxygen atoms in total. The molecule has 1 aliphatic carbocycles. The lowest BCUT2D eigenvalue weighted by atomic mass is 9.74. The molecular formula is C13H15BrN2O3. The van der Waals surface area contributed by atoms with E-state index in [4.69, 9.17) is 0 Å². The molecule has 0 unspecified atom stereocenters. The van der Waals surface area contributed by atoms with E-state index >= 15 is 0 Å². The summed E-state index contributed by atoms with van der Waals surface area (Å²) in [4.78, 5) is 22.5. The van der Waals surface area contributed by atoms with Crippen LogP contribution in [0.2, 0.25) is 0 Å². The summed E-state index contributed by atoms with van der Waals surface area (Å²) in [6.07, 6.45) is 3.94. The second-order valence-electron chi connectivity index (χ2n) is 4.86. The van der Waals surface area contributed by atoms with Crippen molar-refractivity contribution in [3.63, 3.8) is 0 Å². The Balaban J connectivity index is 2.23. The lowest BCUT2D eigenvalue weighted by molar-refractivity contribution is -0.384. The van der Waals surface area contributed by atoms with Crippen molar-refractivity contribution in [2.75, 3.05) is 0 Å². The number of nitrogens with zero attached hydrogens (tertiary/aromatic N) is 1. The molecule has 1 fully saturated rings. The quantitative estimate of drug-likeness (QED) is 0.680. The van der Waals surface area contributed by atoms with E-state index in [-0.39, 0.29) is 17.1 Å². The Morgan fingerprint density at radius 2 is 2.21 bits per heavy atom. The number of hydrogen-bond acceptors (Lipinski definition) is 3. The first kappa shape index (κ1) is 14.0. The Labute approximate surface area is 119 Å². The van der Waals surface area contributed by atoms with Crippen LogP contribution in [0.4, 0.5) is 5.69 Å². The highest BCUT2D eigenvalue weighted by Gasteiger charge is 2.37. The zero-order chi connectivity index (χ0) is 14.0. The van der Waals surface area contributed by atoms with Crippen LogP contribution >= 0.6 is 15.9 Å². The molecule has 0 radical (unpaired) electrons. The van der Waals surface area contributed by atoms with Crippen molar-refractivity contribution in [3.8, 4) is 0 Å². The number of nitrogens with one attached hydrogen (secondary N) is 1. The number of carbonyl (C=O) groups excluding carboxylic acids is 1. The SMILES string of the molecule is CCC1(NC(=O)c2cc([N+](=O)[O-])ccc2Br)CCC1. The predicted octanol–water partition coefficient (Wildman–Crippen LogP) is 3.42. The standard InChI is InChI=1S/C13H15BrN2O3/c1-2-13(6-3-7-13)15-12(17)10-8-9(16(18)19)4-5-11(10)14/h4-5,8H,2-3,6-7H2,1H3,(H,15,17). The van der Waals surface area contributed by atoms with Crippen molar-refractivity contribution >= 4 is 27.5 Å². The number of amides is 1. The zero-order valence-corrected chi connectivity index (χ0v) is 12.2. The molecule has 1 aromatic rings. The van der Waals surface area contributed by atoms with Crippen molar-refractivity contribution in [2.24, 2.45) is 0 Å². The Morgan fingerprint density at radius 1 is 1.53 bits per heavy atom. The van der Waals surface area contributed by atoms with E-state index in [0.29, 0.717) is 10.0 Å². The van der Waals surface area contributed by atoms with Crippen LogP contribution in [-0.2, 0) is 0 Å². The molecule has 2 rings (SSSR count). The summed E-state index contributed by atoms with van der Waals surface area (Å²) in [6.45, 7) is 2.04. The number of carbonyl (C=O) groups is 1. The third kappa shape index (κ3) is 2.78. The maximum Gasteiger partial charge on any atom is 0.270 e. The van der Waals surface area contributed by atoms with E-state index in [1.807, 2.05) is 6.92 Å². The molecule has 0 aromatic heterocycles. The highest BCUT2D eigenvalue weighted by Crippen LogP contribution is 2.35. The molecule has 1 aromatic carbocycles. The third-order valence-corrected chi connectivity index (χ3v) is 4.46. The van der Waals surface area contributed by atoms with Crippen LogP contribution in [0.15, 0.2) is 22.7 Å². The number of rotatable bonds is 4. The Kier molecular flexibility index (Phi) is 3.89. The van der Waals surface area contributed by atoms with E-state index < -0.39 is 4.92 Å². The number of halogens is 1. The van der Waals surface area contributed by atoms with Crippen molar-refractivity contribution < 1.29 is 9.72 Å². The molecule has 0 aliphatic heterocycles. The molecule has 0 heterocycles. The van der Waals surface area contributed by atoms with Gasteiger partial charge in [-0.25, -0.2) is 0 Å². The fourth-order valence-electron chi connectivity index (χ4n) is 2.28. The Bertz CT molecular complexity index is 521. The van der Waals surface area contributed by atoms with Gasteiger partial charge in [0.2, 0.25) is 0 Å². The van der Waals surface area contributed by atoms with Crippen molar-refractivity contribution in [3.05, 3.63) is 38.3 Å². The summed E-state index contributed by atoms with van der Waals surface area (Å²) in [7, 11) is 0. The molecule has 19 heavy (non-hydrogen) atoms. The van der Waals surface area contributed by atoms with Crippen molar-refractivity contribution in [2.45, 2.75) is 38.1 Å². The van der Waals surface area contributed by atoms with E-state index in [2.05, 4.69) is 21.2 Å². The fourth-order valence-corrected chi connectivity index (χ4v) is 2.71. The second-order valence-corrected chi connectivity index (χ2v) is 5.72. The van der Waals surface area contributed by atoms with E-state index in [1.165, 1.54) is 18.2 Å². The molecule has 0 bridgehead atoms. The van der Waals surface area contributed by atoms with Crippen LogP contribution in [0.1, 0.15) is 43.0 Å². The number of non-ortho nitro benzene ring substituents is 1. The highest BCUT2D eigenvalue weighted by atomic mass is 79.9. The minimum Gasteiger partial charge on any atom is -0.347 e. The first-order valence-electron chi connectivity index (χ1n) is 6.24. The van der Waals surface area contributed by atoms with Crippen LogP contribution in [-0.4, -0.2) is 16.4 Å². The molecule has 1 saturated carbocycles. The predicted molar refractivity (Wildman–Crippen MR) is 75.1 cm³/mol. The van der Waals surface area contributed by atoms with Crippen LogP contribution in [0.25, 0.3) is 0 Å². The van der Waals surface area contributed by atoms with E-state index in [9.17, 15) is 14.9 Å². The molecule has 6 heteroatoms. The number of nitro groups is 1. The first-order valence-corrected chi connectivity index (χ1v) is 7.03. The van der Waals surface area contributed by atoms with Gasteiger partial charge in [0.25, 0.3) is 11.6 Å². The van der Waals surface area contributed by atoms with Crippen LogP contribution in [0.3, 0.4) is 0 Å². The van der Waals surface area contributed by atoms with E-state index in [1.54, 1.807) is 0 Å². The lowest BCUT2D eigenvalue weighted by Crippen LogP contribution is -2.53. The monoisotopic (exact) mass is 326 g/mol. The highest BCUT2D eigenvalue weighted by molar-refractivity contribution is 9.10. The Morgan fingerprint density at radius 3 is 2.68 bits per heavy atom. The van der Waals surface area contributed by atoms with Crippen LogP contribution in [0.5, 0.6) is 0 Å². The minimum absolute atomic E-state index is 0.0764. The number of nitro benzene ring substituents is 1. The maximum atomic E-state index is 12.2. The molecule has 1 amide bonds. The topological polar surface area (TPSA) is 72.2 Å². The van der Waals surface area contributed by atoms with Crippen LogP contribution in [0, 0.1) is 10.1 Å². The van der Waals surface area contributed by atoms with Gasteiger partial charge in [0.15, 0.2) is 0 Å². The van der Waals surface area contributed by atoms with Gasteiger partial charge in [-0.3, -0.25) is 14.9 Å². The van der Waals surface area contributed by atoms with Gasteiger partial charge in [0, 0.05) is 22.1 Å². The summed E-state index contributed by atoms with van der Waals surface area (Å²) in [6, 6.07) is 4.22. The summed E-state index contributed by atoms with van der Waals surface area (Å²) in [5.74, 6) is -0.253. The molecule has 0 saturated heterocycles. The largest absolute Gasteiger partial charge is 0.347 e. The van der Waals surface area contributed by atoms with Gasteiger partial charge in [-0.2, -0.15) is 0 Å². The summed E-state index contributed by atoms with van der Waals surface area (Å²) < 4.78 is 0.571. The van der Waals surface area contributed by atoms with Gasteiger partial charge in [-0.1, -0.05) is 6.92 Å². The molecule has 0 spiro atoms. The van der Waals surface area contributed by atoms with Gasteiger partial charge >= 0.3 is 0 Å². The molecule has 102 valence electrons. The van der Waals surface area contributed by atoms with Crippen LogP contribution < -0.4 is 5.32 Å². The normalized spacial score (nSPS) is 16.5. The van der Waals surface area contributed by atoms with E-state index in [0.717, 1.165) is 25.7 Å². The Hall–Kier alpha value is -1.43. The van der Waals surface area contributed by atoms with Gasteiger partial charge in [0.05, 0.1) is 10.5 Å². The smallest absolute Gasteiger partial charge is 0.270 e. The summed E-state index contributed by atoms with van der Waals surface area (Å²) >= 11 is 3.27. The summed E-state index contributed by atoms with van der Waals surface area (Å²) in [5, 5.41) is 13.8. The van der Waals surface area contributed by atoms with Crippen molar-refractivity contribution in [1.82, 2.24) is 5.32 Å². The second kappa shape index (κ2) is 5.28. The maximum absolute atomic E-state index is 12.2. The average Bonchev–Trinajstić information content (AvgIpc) is 2.33. The molecular weight excluding hydrogens is 312 g/mol. The first-order chi connectivity index (χ1) is 8.97. The summed E-state index contributed by atoms with van der Waals surface area (Å²) in [5.41, 5.74) is 0.114. The van der Waals surface area contributed by atoms with Crippen molar-refractivity contribution in [1.29, 1.82) is 0 Å². The average molecular weight is 327 g/mol. The van der Waals surface area contributed by atoms with Gasteiger partial charge < -0.3 is 5.32 Å². The lowest BCUT2D eigenvalue weighted by Gasteiger charge is -2.42. The minimum atomic E-state index is -0.498. The molecule has 1 aliphatic rings. The third-order valence-electron chi connectivity index (χ3n) is 3.77. The zero-order valence-electron chi connectivity index (χ0n) is 10.6.